The number of rotatable bonds is 5. The van der Waals surface area contributed by atoms with E-state index in [0.29, 0.717) is 50.8 Å². The SMILES string of the molecule is CCOC(=O)N1CC=C(c2cccn3nc(Nc4ccc(C(=O)N5CCO[C@@H]6CNC[C@@H]65)cc4)nc23)CC1. The van der Waals surface area contributed by atoms with Gasteiger partial charge < -0.3 is 29.9 Å². The molecule has 0 bridgehead atoms. The summed E-state index contributed by atoms with van der Waals surface area (Å²) in [5.41, 5.74) is 4.30. The van der Waals surface area contributed by atoms with Crippen molar-refractivity contribution in [3.05, 3.63) is 59.8 Å². The highest BCUT2D eigenvalue weighted by Crippen LogP contribution is 2.27. The molecule has 0 saturated carbocycles. The first-order valence-corrected chi connectivity index (χ1v) is 13.1. The quantitative estimate of drug-likeness (QED) is 0.531. The summed E-state index contributed by atoms with van der Waals surface area (Å²) >= 11 is 0. The van der Waals surface area contributed by atoms with Crippen LogP contribution in [0.4, 0.5) is 16.4 Å². The molecule has 0 radical (unpaired) electrons. The van der Waals surface area contributed by atoms with E-state index in [2.05, 4.69) is 15.7 Å². The Morgan fingerprint density at radius 3 is 2.84 bits per heavy atom. The number of pyridine rings is 1. The van der Waals surface area contributed by atoms with Crippen LogP contribution in [0.2, 0.25) is 0 Å². The van der Waals surface area contributed by atoms with E-state index < -0.39 is 0 Å². The maximum absolute atomic E-state index is 13.2. The van der Waals surface area contributed by atoms with Gasteiger partial charge >= 0.3 is 6.09 Å². The van der Waals surface area contributed by atoms with Crippen molar-refractivity contribution in [3.63, 3.8) is 0 Å². The molecule has 2 aromatic heterocycles. The van der Waals surface area contributed by atoms with Gasteiger partial charge in [-0.25, -0.2) is 9.31 Å². The highest BCUT2D eigenvalue weighted by molar-refractivity contribution is 5.95. The predicted octanol–water partition coefficient (Wildman–Crippen LogP) is 2.53. The van der Waals surface area contributed by atoms with Crippen LogP contribution >= 0.6 is 0 Å². The largest absolute Gasteiger partial charge is 0.450 e. The Kier molecular flexibility index (Phi) is 6.69. The Morgan fingerprint density at radius 1 is 1.18 bits per heavy atom. The molecular formula is C27H31N7O4. The van der Waals surface area contributed by atoms with E-state index >= 15 is 0 Å². The van der Waals surface area contributed by atoms with Crippen molar-refractivity contribution in [3.8, 4) is 0 Å². The molecule has 0 aliphatic carbocycles. The van der Waals surface area contributed by atoms with Crippen molar-refractivity contribution in [2.45, 2.75) is 25.5 Å². The van der Waals surface area contributed by atoms with Crippen LogP contribution in [0.5, 0.6) is 0 Å². The number of aromatic nitrogens is 3. The van der Waals surface area contributed by atoms with Crippen LogP contribution in [0.3, 0.4) is 0 Å². The van der Waals surface area contributed by atoms with Gasteiger partial charge in [0.1, 0.15) is 0 Å². The molecule has 2 saturated heterocycles. The molecule has 38 heavy (non-hydrogen) atoms. The lowest BCUT2D eigenvalue weighted by Crippen LogP contribution is -2.53. The third kappa shape index (κ3) is 4.70. The average molecular weight is 518 g/mol. The number of anilines is 2. The van der Waals surface area contributed by atoms with Gasteiger partial charge in [0.25, 0.3) is 5.91 Å². The van der Waals surface area contributed by atoms with Gasteiger partial charge in [-0.1, -0.05) is 6.08 Å². The second kappa shape index (κ2) is 10.4. The van der Waals surface area contributed by atoms with Crippen molar-refractivity contribution in [2.24, 2.45) is 0 Å². The zero-order valence-electron chi connectivity index (χ0n) is 21.3. The minimum atomic E-state index is -0.285. The molecule has 3 aromatic rings. The monoisotopic (exact) mass is 517 g/mol. The lowest BCUT2D eigenvalue weighted by molar-refractivity contribution is -0.0364. The summed E-state index contributed by atoms with van der Waals surface area (Å²) in [6, 6.07) is 11.5. The smallest absolute Gasteiger partial charge is 0.410 e. The van der Waals surface area contributed by atoms with Gasteiger partial charge in [0.2, 0.25) is 5.95 Å². The van der Waals surface area contributed by atoms with E-state index in [4.69, 9.17) is 14.5 Å². The molecule has 3 aliphatic heterocycles. The van der Waals surface area contributed by atoms with Gasteiger partial charge in [0.15, 0.2) is 5.65 Å². The number of fused-ring (bicyclic) bond motifs is 2. The number of hydrogen-bond acceptors (Lipinski definition) is 8. The molecule has 3 aliphatic rings. The Hall–Kier alpha value is -3.96. The Morgan fingerprint density at radius 2 is 2.05 bits per heavy atom. The molecule has 2 N–H and O–H groups in total. The van der Waals surface area contributed by atoms with Gasteiger partial charge in [-0.2, -0.15) is 4.98 Å². The molecule has 2 amide bonds. The lowest BCUT2D eigenvalue weighted by atomic mass is 10.0. The summed E-state index contributed by atoms with van der Waals surface area (Å²) in [6.45, 7) is 5.99. The first-order chi connectivity index (χ1) is 18.6. The number of ether oxygens (including phenoxy) is 2. The molecule has 0 unspecified atom stereocenters. The average Bonchev–Trinajstić information content (AvgIpc) is 3.60. The lowest BCUT2D eigenvalue weighted by Gasteiger charge is -2.37. The number of nitrogens with zero attached hydrogens (tertiary/aromatic N) is 5. The standard InChI is InChI=1S/C27H31N7O4/c1-2-37-27(36)32-12-9-18(10-13-32)21-4-3-11-34-24(21)30-26(31-34)29-20-7-5-19(6-8-20)25(35)33-14-15-38-23-17-28-16-22(23)33/h3-9,11,22-23,28H,2,10,12-17H2,1H3,(H,29,31)/t22-,23+/m0/s1. The number of morpholine rings is 1. The molecule has 6 rings (SSSR count). The number of carbonyl (C=O) groups is 2. The Labute approximate surface area is 220 Å². The molecular weight excluding hydrogens is 486 g/mol. The first kappa shape index (κ1) is 24.4. The topological polar surface area (TPSA) is 113 Å². The summed E-state index contributed by atoms with van der Waals surface area (Å²) in [5.74, 6) is 0.491. The van der Waals surface area contributed by atoms with E-state index in [1.165, 1.54) is 0 Å². The molecule has 198 valence electrons. The number of amides is 2. The third-order valence-electron chi connectivity index (χ3n) is 7.28. The molecule has 1 aromatic carbocycles. The van der Waals surface area contributed by atoms with E-state index in [1.54, 1.807) is 9.42 Å². The van der Waals surface area contributed by atoms with Crippen molar-refractivity contribution in [2.75, 3.05) is 51.3 Å². The van der Waals surface area contributed by atoms with Gasteiger partial charge in [0.05, 0.1) is 25.4 Å². The number of carbonyl (C=O) groups excluding carboxylic acids is 2. The second-order valence-corrected chi connectivity index (χ2v) is 9.59. The molecule has 5 heterocycles. The zero-order valence-corrected chi connectivity index (χ0v) is 21.3. The molecule has 11 heteroatoms. The van der Waals surface area contributed by atoms with Gasteiger partial charge in [0, 0.05) is 55.7 Å². The summed E-state index contributed by atoms with van der Waals surface area (Å²) in [6.07, 6.45) is 4.41. The van der Waals surface area contributed by atoms with Crippen molar-refractivity contribution >= 4 is 34.9 Å². The van der Waals surface area contributed by atoms with Crippen LogP contribution in [0.1, 0.15) is 29.3 Å². The molecule has 11 nitrogen and oxygen atoms in total. The third-order valence-corrected chi connectivity index (χ3v) is 7.28. The highest BCUT2D eigenvalue weighted by atomic mass is 16.6. The fourth-order valence-electron chi connectivity index (χ4n) is 5.34. The summed E-state index contributed by atoms with van der Waals surface area (Å²) in [5, 5.41) is 11.2. The number of nitrogens with one attached hydrogen (secondary N) is 2. The maximum Gasteiger partial charge on any atom is 0.410 e. The summed E-state index contributed by atoms with van der Waals surface area (Å²) in [4.78, 5) is 33.5. The molecule has 2 fully saturated rings. The van der Waals surface area contributed by atoms with Gasteiger partial charge in [-0.3, -0.25) is 4.79 Å². The highest BCUT2D eigenvalue weighted by Gasteiger charge is 2.38. The molecule has 0 spiro atoms. The minimum absolute atomic E-state index is 0.0244. The van der Waals surface area contributed by atoms with Gasteiger partial charge in [-0.05, 0) is 55.3 Å². The van der Waals surface area contributed by atoms with E-state index in [1.807, 2.05) is 60.5 Å². The van der Waals surface area contributed by atoms with Crippen LogP contribution in [-0.2, 0) is 9.47 Å². The van der Waals surface area contributed by atoms with Crippen LogP contribution in [-0.4, -0.2) is 94.5 Å². The van der Waals surface area contributed by atoms with Gasteiger partial charge in [-0.15, -0.1) is 5.10 Å². The summed E-state index contributed by atoms with van der Waals surface area (Å²) in [7, 11) is 0. The number of benzene rings is 1. The van der Waals surface area contributed by atoms with Crippen molar-refractivity contribution < 1.29 is 19.1 Å². The number of hydrogen-bond donors (Lipinski definition) is 2. The van der Waals surface area contributed by atoms with Crippen LogP contribution in [0.25, 0.3) is 11.2 Å². The second-order valence-electron chi connectivity index (χ2n) is 9.59. The first-order valence-electron chi connectivity index (χ1n) is 13.1. The van der Waals surface area contributed by atoms with Crippen LogP contribution in [0, 0.1) is 0 Å². The van der Waals surface area contributed by atoms with Crippen molar-refractivity contribution in [1.82, 2.24) is 29.7 Å². The van der Waals surface area contributed by atoms with E-state index in [-0.39, 0.29) is 24.1 Å². The fraction of sp³-hybridized carbons (Fsp3) is 0.407. The minimum Gasteiger partial charge on any atom is -0.450 e. The van der Waals surface area contributed by atoms with Crippen LogP contribution in [0.15, 0.2) is 48.7 Å². The predicted molar refractivity (Wildman–Crippen MR) is 141 cm³/mol. The molecule has 2 atom stereocenters. The van der Waals surface area contributed by atoms with E-state index in [0.717, 1.165) is 35.6 Å². The fourth-order valence-corrected chi connectivity index (χ4v) is 5.34. The Balaban J connectivity index is 1.15. The van der Waals surface area contributed by atoms with Crippen LogP contribution < -0.4 is 10.6 Å². The van der Waals surface area contributed by atoms with Crippen molar-refractivity contribution in [1.29, 1.82) is 0 Å². The zero-order chi connectivity index (χ0) is 26.1. The Bertz CT molecular complexity index is 1370. The summed E-state index contributed by atoms with van der Waals surface area (Å²) < 4.78 is 12.7. The normalized spacial score (nSPS) is 21.2. The van der Waals surface area contributed by atoms with E-state index in [9.17, 15) is 9.59 Å². The maximum atomic E-state index is 13.2.